The average Bonchev–Trinajstić information content (AvgIpc) is 2.92. The highest BCUT2D eigenvalue weighted by atomic mass is 35.5. The zero-order chi connectivity index (χ0) is 12.5. The monoisotopic (exact) mass is 278 g/mol. The van der Waals surface area contributed by atoms with Crippen LogP contribution in [0.15, 0.2) is 24.3 Å². The first-order valence-corrected chi connectivity index (χ1v) is 6.95. The van der Waals surface area contributed by atoms with Crippen molar-refractivity contribution in [1.82, 2.24) is 19.8 Å². The standard InChI is InChI=1S/C12H11ClN4S/c1-2-5-10-14-15-12-17(10)16-11(18-12)8-6-3-4-7-9(8)13/h3-4,6-7H,2,5H2,1H3. The van der Waals surface area contributed by atoms with Gasteiger partial charge in [-0.2, -0.15) is 9.61 Å². The second-order valence-electron chi connectivity index (χ2n) is 3.95. The molecule has 0 aliphatic heterocycles. The fourth-order valence-electron chi connectivity index (χ4n) is 1.78. The number of nitrogens with zero attached hydrogens (tertiary/aromatic N) is 4. The predicted molar refractivity (Wildman–Crippen MR) is 73.1 cm³/mol. The number of aromatic nitrogens is 4. The molecule has 1 aromatic carbocycles. The zero-order valence-electron chi connectivity index (χ0n) is 9.80. The van der Waals surface area contributed by atoms with E-state index in [1.807, 2.05) is 28.8 Å². The Morgan fingerprint density at radius 2 is 2.11 bits per heavy atom. The molecule has 0 saturated carbocycles. The number of rotatable bonds is 3. The second kappa shape index (κ2) is 4.66. The van der Waals surface area contributed by atoms with Gasteiger partial charge in [-0.3, -0.25) is 0 Å². The Hall–Kier alpha value is -1.46. The molecule has 0 saturated heterocycles. The van der Waals surface area contributed by atoms with Crippen LogP contribution in [0.25, 0.3) is 15.5 Å². The predicted octanol–water partition coefficient (Wildman–Crippen LogP) is 3.46. The topological polar surface area (TPSA) is 43.1 Å². The van der Waals surface area contributed by atoms with Gasteiger partial charge in [-0.05, 0) is 12.5 Å². The van der Waals surface area contributed by atoms with Crippen LogP contribution in [0.4, 0.5) is 0 Å². The normalized spacial score (nSPS) is 11.2. The smallest absolute Gasteiger partial charge is 0.187 e. The molecule has 0 fully saturated rings. The van der Waals surface area contributed by atoms with Gasteiger partial charge in [0, 0.05) is 12.0 Å². The lowest BCUT2D eigenvalue weighted by Crippen LogP contribution is -1.95. The van der Waals surface area contributed by atoms with E-state index in [2.05, 4.69) is 22.2 Å². The molecule has 0 spiro atoms. The molecule has 0 aliphatic rings. The van der Waals surface area contributed by atoms with E-state index in [0.29, 0.717) is 5.02 Å². The number of hydrogen-bond acceptors (Lipinski definition) is 4. The van der Waals surface area contributed by atoms with Crippen LogP contribution in [-0.2, 0) is 6.42 Å². The number of halogens is 1. The van der Waals surface area contributed by atoms with Crippen LogP contribution in [0.5, 0.6) is 0 Å². The van der Waals surface area contributed by atoms with Crippen LogP contribution in [-0.4, -0.2) is 19.8 Å². The van der Waals surface area contributed by atoms with Crippen molar-refractivity contribution < 1.29 is 0 Å². The van der Waals surface area contributed by atoms with Crippen LogP contribution in [0, 0.1) is 0 Å². The lowest BCUT2D eigenvalue weighted by Gasteiger charge is -1.97. The third-order valence-electron chi connectivity index (χ3n) is 2.63. The summed E-state index contributed by atoms with van der Waals surface area (Å²) in [6.45, 7) is 2.11. The summed E-state index contributed by atoms with van der Waals surface area (Å²) in [5, 5.41) is 14.4. The minimum atomic E-state index is 0.708. The zero-order valence-corrected chi connectivity index (χ0v) is 11.4. The first kappa shape index (κ1) is 11.6. The van der Waals surface area contributed by atoms with Gasteiger partial charge in [0.05, 0.1) is 5.02 Å². The van der Waals surface area contributed by atoms with Crippen molar-refractivity contribution in [3.63, 3.8) is 0 Å². The van der Waals surface area contributed by atoms with E-state index in [9.17, 15) is 0 Å². The molecule has 2 heterocycles. The van der Waals surface area contributed by atoms with Gasteiger partial charge in [-0.1, -0.05) is 48.1 Å². The van der Waals surface area contributed by atoms with Crippen molar-refractivity contribution in [2.45, 2.75) is 19.8 Å². The number of benzene rings is 1. The molecule has 0 bridgehead atoms. The lowest BCUT2D eigenvalue weighted by molar-refractivity contribution is 0.778. The minimum Gasteiger partial charge on any atom is -0.187 e. The Kier molecular flexibility index (Phi) is 3.01. The van der Waals surface area contributed by atoms with Crippen LogP contribution in [0.3, 0.4) is 0 Å². The summed E-state index contributed by atoms with van der Waals surface area (Å²) in [7, 11) is 0. The fourth-order valence-corrected chi connectivity index (χ4v) is 2.96. The van der Waals surface area contributed by atoms with Crippen LogP contribution >= 0.6 is 22.9 Å². The molecule has 3 aromatic rings. The Bertz CT molecular complexity index is 688. The van der Waals surface area contributed by atoms with Gasteiger partial charge in [0.1, 0.15) is 5.01 Å². The molecule has 2 aromatic heterocycles. The highest BCUT2D eigenvalue weighted by Crippen LogP contribution is 2.30. The average molecular weight is 279 g/mol. The first-order chi connectivity index (χ1) is 8.79. The summed E-state index contributed by atoms with van der Waals surface area (Å²) in [5.74, 6) is 0.905. The maximum Gasteiger partial charge on any atom is 0.234 e. The van der Waals surface area contributed by atoms with Crippen LogP contribution < -0.4 is 0 Å². The summed E-state index contributed by atoms with van der Waals surface area (Å²) in [5.41, 5.74) is 0.942. The fraction of sp³-hybridized carbons (Fsp3) is 0.250. The summed E-state index contributed by atoms with van der Waals surface area (Å²) in [4.78, 5) is 0.813. The molecule has 18 heavy (non-hydrogen) atoms. The Balaban J connectivity index is 2.11. The highest BCUT2D eigenvalue weighted by molar-refractivity contribution is 7.19. The quantitative estimate of drug-likeness (QED) is 0.737. The third kappa shape index (κ3) is 1.89. The van der Waals surface area contributed by atoms with Crippen LogP contribution in [0.2, 0.25) is 5.02 Å². The molecule has 3 rings (SSSR count). The lowest BCUT2D eigenvalue weighted by atomic mass is 10.2. The number of hydrogen-bond donors (Lipinski definition) is 0. The molecule has 92 valence electrons. The van der Waals surface area contributed by atoms with Crippen molar-refractivity contribution in [1.29, 1.82) is 0 Å². The van der Waals surface area contributed by atoms with Crippen molar-refractivity contribution in [3.05, 3.63) is 35.1 Å². The Morgan fingerprint density at radius 3 is 2.89 bits per heavy atom. The van der Waals surface area contributed by atoms with E-state index in [0.717, 1.165) is 34.2 Å². The van der Waals surface area contributed by atoms with Crippen molar-refractivity contribution in [2.24, 2.45) is 0 Å². The van der Waals surface area contributed by atoms with Gasteiger partial charge in [0.15, 0.2) is 5.82 Å². The molecular formula is C12H11ClN4S. The largest absolute Gasteiger partial charge is 0.234 e. The van der Waals surface area contributed by atoms with Crippen LogP contribution in [0.1, 0.15) is 19.2 Å². The molecule has 0 N–H and O–H groups in total. The number of aryl methyl sites for hydroxylation is 1. The van der Waals surface area contributed by atoms with Gasteiger partial charge in [-0.25, -0.2) is 0 Å². The molecule has 4 nitrogen and oxygen atoms in total. The van der Waals surface area contributed by atoms with E-state index >= 15 is 0 Å². The third-order valence-corrected chi connectivity index (χ3v) is 3.89. The van der Waals surface area contributed by atoms with Gasteiger partial charge >= 0.3 is 0 Å². The molecule has 0 atom stereocenters. The second-order valence-corrected chi connectivity index (χ2v) is 5.31. The molecule has 6 heteroatoms. The van der Waals surface area contributed by atoms with Gasteiger partial charge in [0.25, 0.3) is 0 Å². The SMILES string of the molecule is CCCc1nnc2sc(-c3ccccc3Cl)nn12. The van der Waals surface area contributed by atoms with Gasteiger partial charge in [0.2, 0.25) is 4.96 Å². The molecular weight excluding hydrogens is 268 g/mol. The molecule has 0 amide bonds. The Labute approximate surface area is 113 Å². The molecule has 0 radical (unpaired) electrons. The van der Waals surface area contributed by atoms with Crippen molar-refractivity contribution in [3.8, 4) is 10.6 Å². The summed E-state index contributed by atoms with van der Waals surface area (Å²) >= 11 is 7.68. The van der Waals surface area contributed by atoms with E-state index in [-0.39, 0.29) is 0 Å². The van der Waals surface area contributed by atoms with Gasteiger partial charge < -0.3 is 0 Å². The van der Waals surface area contributed by atoms with Crippen molar-refractivity contribution in [2.75, 3.05) is 0 Å². The maximum absolute atomic E-state index is 6.18. The Morgan fingerprint density at radius 1 is 1.28 bits per heavy atom. The van der Waals surface area contributed by atoms with E-state index < -0.39 is 0 Å². The van der Waals surface area contributed by atoms with E-state index in [4.69, 9.17) is 11.6 Å². The summed E-state index contributed by atoms with van der Waals surface area (Å²) in [6.07, 6.45) is 1.91. The minimum absolute atomic E-state index is 0.708. The van der Waals surface area contributed by atoms with Crippen molar-refractivity contribution >= 4 is 27.9 Å². The molecule has 0 aliphatic carbocycles. The number of fused-ring (bicyclic) bond motifs is 1. The maximum atomic E-state index is 6.18. The highest BCUT2D eigenvalue weighted by Gasteiger charge is 2.13. The summed E-state index contributed by atoms with van der Waals surface area (Å²) < 4.78 is 1.81. The summed E-state index contributed by atoms with van der Waals surface area (Å²) in [6, 6.07) is 7.70. The van der Waals surface area contributed by atoms with Gasteiger partial charge in [-0.15, -0.1) is 10.2 Å². The molecule has 0 unspecified atom stereocenters. The first-order valence-electron chi connectivity index (χ1n) is 5.75. The van der Waals surface area contributed by atoms with E-state index in [1.165, 1.54) is 11.3 Å². The van der Waals surface area contributed by atoms with E-state index in [1.54, 1.807) is 0 Å².